The molecule has 0 radical (unpaired) electrons. The van der Waals surface area contributed by atoms with Crippen molar-refractivity contribution < 1.29 is 4.74 Å². The highest BCUT2D eigenvalue weighted by Crippen LogP contribution is 2.24. The van der Waals surface area contributed by atoms with Crippen LogP contribution in [0, 0.1) is 0 Å². The molecule has 0 bridgehead atoms. The lowest BCUT2D eigenvalue weighted by Gasteiger charge is -2.14. The maximum absolute atomic E-state index is 12.3. The van der Waals surface area contributed by atoms with Crippen LogP contribution in [0.5, 0.6) is 0 Å². The van der Waals surface area contributed by atoms with Gasteiger partial charge in [-0.1, -0.05) is 29.8 Å². The highest BCUT2D eigenvalue weighted by Gasteiger charge is 2.11. The first-order valence-electron chi connectivity index (χ1n) is 7.50. The first-order valence-corrected chi connectivity index (χ1v) is 7.88. The largest absolute Gasteiger partial charge is 0.377 e. The van der Waals surface area contributed by atoms with Crippen molar-refractivity contribution in [3.8, 4) is 5.69 Å². The van der Waals surface area contributed by atoms with Crippen molar-refractivity contribution in [2.24, 2.45) is 0 Å². The quantitative estimate of drug-likeness (QED) is 0.779. The number of benzene rings is 2. The number of H-pyrrole nitrogens is 1. The summed E-state index contributed by atoms with van der Waals surface area (Å²) in [5.41, 5.74) is 4.66. The third-order valence-corrected chi connectivity index (χ3v) is 4.34. The smallest absolute Gasteiger partial charge is 0.331 e. The molecule has 5 heteroatoms. The van der Waals surface area contributed by atoms with Gasteiger partial charge in [0.25, 0.3) is 0 Å². The maximum atomic E-state index is 12.3. The van der Waals surface area contributed by atoms with Gasteiger partial charge >= 0.3 is 5.69 Å². The number of nitrogens with zero attached hydrogens (tertiary/aromatic N) is 1. The van der Waals surface area contributed by atoms with Crippen molar-refractivity contribution >= 4 is 28.2 Å². The predicted octanol–water partition coefficient (Wildman–Crippen LogP) is 3.78. The topological polar surface area (TPSA) is 47.0 Å². The van der Waals surface area contributed by atoms with Crippen LogP contribution in [0.25, 0.3) is 22.3 Å². The normalized spacial score (nSPS) is 14.9. The average molecular weight is 327 g/mol. The van der Waals surface area contributed by atoms with Gasteiger partial charge in [0.2, 0.25) is 0 Å². The number of aromatic nitrogens is 2. The molecule has 1 N–H and O–H groups in total. The molecule has 23 heavy (non-hydrogen) atoms. The fourth-order valence-electron chi connectivity index (χ4n) is 2.95. The second-order valence-corrected chi connectivity index (χ2v) is 5.96. The SMILES string of the molecule is O=c1[nH]c2ccc(Cl)cc2n1-c1ccc(C2=CCOCC2)cc1. The fourth-order valence-corrected chi connectivity index (χ4v) is 3.11. The molecule has 1 aliphatic heterocycles. The molecule has 2 heterocycles. The third kappa shape index (κ3) is 2.60. The van der Waals surface area contributed by atoms with E-state index in [1.807, 2.05) is 30.3 Å². The van der Waals surface area contributed by atoms with Crippen molar-refractivity contribution in [2.45, 2.75) is 6.42 Å². The zero-order valence-electron chi connectivity index (χ0n) is 12.4. The molecule has 4 rings (SSSR count). The number of rotatable bonds is 2. The minimum Gasteiger partial charge on any atom is -0.377 e. The Labute approximate surface area is 138 Å². The summed E-state index contributed by atoms with van der Waals surface area (Å²) >= 11 is 6.07. The molecule has 0 fully saturated rings. The standard InChI is InChI=1S/C18H15ClN2O2/c19-14-3-6-16-17(11-14)21(18(22)20-16)15-4-1-12(2-5-15)13-7-9-23-10-8-13/h1-7,11H,8-10H2,(H,20,22). The van der Waals surface area contributed by atoms with E-state index in [2.05, 4.69) is 11.1 Å². The second kappa shape index (κ2) is 5.72. The zero-order chi connectivity index (χ0) is 15.8. The zero-order valence-corrected chi connectivity index (χ0v) is 13.1. The Balaban J connectivity index is 1.79. The van der Waals surface area contributed by atoms with Crippen molar-refractivity contribution in [3.63, 3.8) is 0 Å². The number of fused-ring (bicyclic) bond motifs is 1. The van der Waals surface area contributed by atoms with E-state index in [1.54, 1.807) is 16.7 Å². The summed E-state index contributed by atoms with van der Waals surface area (Å²) in [5.74, 6) is 0. The van der Waals surface area contributed by atoms with Gasteiger partial charge in [0.1, 0.15) is 0 Å². The van der Waals surface area contributed by atoms with Crippen LogP contribution in [-0.2, 0) is 4.74 Å². The van der Waals surface area contributed by atoms with Crippen LogP contribution >= 0.6 is 11.6 Å². The molecule has 0 atom stereocenters. The summed E-state index contributed by atoms with van der Waals surface area (Å²) in [6.07, 6.45) is 3.03. The van der Waals surface area contributed by atoms with Crippen molar-refractivity contribution in [1.29, 1.82) is 0 Å². The van der Waals surface area contributed by atoms with E-state index in [1.165, 1.54) is 11.1 Å². The first-order chi connectivity index (χ1) is 11.2. The molecule has 3 aromatic rings. The summed E-state index contributed by atoms with van der Waals surface area (Å²) < 4.78 is 6.98. The van der Waals surface area contributed by atoms with Gasteiger partial charge in [-0.25, -0.2) is 4.79 Å². The van der Waals surface area contributed by atoms with Gasteiger partial charge in [-0.15, -0.1) is 0 Å². The Bertz CT molecular complexity index is 951. The average Bonchev–Trinajstić information content (AvgIpc) is 2.91. The van der Waals surface area contributed by atoms with Crippen molar-refractivity contribution in [2.75, 3.05) is 13.2 Å². The molecule has 4 nitrogen and oxygen atoms in total. The third-order valence-electron chi connectivity index (χ3n) is 4.10. The van der Waals surface area contributed by atoms with Gasteiger partial charge < -0.3 is 9.72 Å². The van der Waals surface area contributed by atoms with Crippen LogP contribution < -0.4 is 5.69 Å². The number of nitrogens with one attached hydrogen (secondary N) is 1. The van der Waals surface area contributed by atoms with E-state index in [0.717, 1.165) is 29.7 Å². The lowest BCUT2D eigenvalue weighted by Crippen LogP contribution is -2.14. The highest BCUT2D eigenvalue weighted by molar-refractivity contribution is 6.31. The molecule has 116 valence electrons. The van der Waals surface area contributed by atoms with Gasteiger partial charge in [-0.05, 0) is 47.9 Å². The molecule has 0 spiro atoms. The summed E-state index contributed by atoms with van der Waals surface area (Å²) in [6.45, 7) is 1.42. The number of ether oxygens (including phenoxy) is 1. The number of halogens is 1. The summed E-state index contributed by atoms with van der Waals surface area (Å²) in [7, 11) is 0. The van der Waals surface area contributed by atoms with Gasteiger partial charge in [0.05, 0.1) is 29.9 Å². The van der Waals surface area contributed by atoms with Crippen LogP contribution in [0.15, 0.2) is 53.3 Å². The van der Waals surface area contributed by atoms with Gasteiger partial charge in [0, 0.05) is 5.02 Å². The lowest BCUT2D eigenvalue weighted by molar-refractivity contribution is 0.161. The Morgan fingerprint density at radius 3 is 2.70 bits per heavy atom. The monoisotopic (exact) mass is 326 g/mol. The van der Waals surface area contributed by atoms with Gasteiger partial charge in [-0.2, -0.15) is 0 Å². The predicted molar refractivity (Wildman–Crippen MR) is 92.3 cm³/mol. The molecule has 1 aromatic heterocycles. The van der Waals surface area contributed by atoms with Crippen LogP contribution in [0.1, 0.15) is 12.0 Å². The summed E-state index contributed by atoms with van der Waals surface area (Å²) in [4.78, 5) is 15.1. The van der Waals surface area contributed by atoms with Gasteiger partial charge in [0.15, 0.2) is 0 Å². The van der Waals surface area contributed by atoms with Crippen LogP contribution in [0.2, 0.25) is 5.02 Å². The number of hydrogen-bond acceptors (Lipinski definition) is 2. The molecule has 2 aromatic carbocycles. The van der Waals surface area contributed by atoms with Crippen molar-refractivity contribution in [3.05, 3.63) is 69.6 Å². The molecule has 0 amide bonds. The van der Waals surface area contributed by atoms with E-state index in [4.69, 9.17) is 16.3 Å². The van der Waals surface area contributed by atoms with Crippen LogP contribution in [0.4, 0.5) is 0 Å². The van der Waals surface area contributed by atoms with E-state index >= 15 is 0 Å². The highest BCUT2D eigenvalue weighted by atomic mass is 35.5. The summed E-state index contributed by atoms with van der Waals surface area (Å²) in [6, 6.07) is 13.4. The second-order valence-electron chi connectivity index (χ2n) is 5.53. The lowest BCUT2D eigenvalue weighted by atomic mass is 10.0. The Morgan fingerprint density at radius 1 is 1.13 bits per heavy atom. The first kappa shape index (κ1) is 14.3. The van der Waals surface area contributed by atoms with Crippen molar-refractivity contribution in [1.82, 2.24) is 9.55 Å². The van der Waals surface area contributed by atoms with Gasteiger partial charge in [-0.3, -0.25) is 4.57 Å². The minimum absolute atomic E-state index is 0.166. The Hall–Kier alpha value is -2.30. The number of hydrogen-bond donors (Lipinski definition) is 1. The molecule has 1 aliphatic rings. The summed E-state index contributed by atoms with van der Waals surface area (Å²) in [5, 5.41) is 0.606. The molecule has 0 aliphatic carbocycles. The Morgan fingerprint density at radius 2 is 1.96 bits per heavy atom. The number of imidazole rings is 1. The van der Waals surface area contributed by atoms with E-state index < -0.39 is 0 Å². The molecular formula is C18H15ClN2O2. The van der Waals surface area contributed by atoms with E-state index in [0.29, 0.717) is 11.6 Å². The minimum atomic E-state index is -0.166. The van der Waals surface area contributed by atoms with E-state index in [9.17, 15) is 4.79 Å². The molecular weight excluding hydrogens is 312 g/mol. The molecule has 0 unspecified atom stereocenters. The molecule has 0 saturated carbocycles. The fraction of sp³-hybridized carbons (Fsp3) is 0.167. The van der Waals surface area contributed by atoms with E-state index in [-0.39, 0.29) is 5.69 Å². The maximum Gasteiger partial charge on any atom is 0.331 e. The van der Waals surface area contributed by atoms with Crippen LogP contribution in [0.3, 0.4) is 0 Å². The Kier molecular flexibility index (Phi) is 3.56. The van der Waals surface area contributed by atoms with Crippen LogP contribution in [-0.4, -0.2) is 22.8 Å². The molecule has 0 saturated heterocycles. The number of aromatic amines is 1.